The number of anilines is 2. The number of fused-ring (bicyclic) bond motifs is 4. The average Bonchev–Trinajstić information content (AvgIpc) is 4.22. The second-order valence-electron chi connectivity index (χ2n) is 22.9. The van der Waals surface area contributed by atoms with Crippen LogP contribution in [0.25, 0.3) is 11.1 Å². The first-order valence-corrected chi connectivity index (χ1v) is 29.4. The minimum atomic E-state index is -0.914. The molecule has 10 rings (SSSR count). The highest BCUT2D eigenvalue weighted by Crippen LogP contribution is 2.42. The molecule has 4 aromatic rings. The van der Waals surface area contributed by atoms with Crippen molar-refractivity contribution in [2.75, 3.05) is 77.4 Å². The fraction of sp³-hybridized carbons (Fsp3) is 0.422. The number of ether oxygens (including phenoxy) is 4. The predicted octanol–water partition coefficient (Wildman–Crippen LogP) is 6.84. The van der Waals surface area contributed by atoms with Crippen molar-refractivity contribution in [3.8, 4) is 23.0 Å². The second kappa shape index (κ2) is 26.4. The van der Waals surface area contributed by atoms with E-state index in [0.717, 1.165) is 52.4 Å². The van der Waals surface area contributed by atoms with Gasteiger partial charge in [0.25, 0.3) is 11.8 Å². The number of imide groups is 1. The van der Waals surface area contributed by atoms with Crippen molar-refractivity contribution in [1.82, 2.24) is 29.6 Å². The molecule has 0 radical (unpaired) electrons. The van der Waals surface area contributed by atoms with Crippen LogP contribution in [0, 0.1) is 28.2 Å². The second-order valence-corrected chi connectivity index (χ2v) is 22.9. The Balaban J connectivity index is 0.685. The van der Waals surface area contributed by atoms with E-state index in [2.05, 4.69) is 63.1 Å². The minimum Gasteiger partial charge on any atom is -0.618 e. The molecule has 5 amide bonds. The van der Waals surface area contributed by atoms with Crippen molar-refractivity contribution < 1.29 is 52.4 Å². The maximum Gasteiger partial charge on any atom is 0.253 e. The number of benzene rings is 2. The fourth-order valence-electron chi connectivity index (χ4n) is 11.8. The quantitative estimate of drug-likeness (QED) is 0.0300. The zero-order valence-electron chi connectivity index (χ0n) is 49.2. The van der Waals surface area contributed by atoms with Gasteiger partial charge in [0.05, 0.1) is 51.7 Å². The Morgan fingerprint density at radius 2 is 1.19 bits per heavy atom. The van der Waals surface area contributed by atoms with Gasteiger partial charge >= 0.3 is 0 Å². The van der Waals surface area contributed by atoms with Gasteiger partial charge in [-0.1, -0.05) is 56.7 Å². The molecule has 6 aliphatic rings. The Bertz CT molecular complexity index is 3390. The molecule has 1 saturated heterocycles. The largest absolute Gasteiger partial charge is 0.618 e. The summed E-state index contributed by atoms with van der Waals surface area (Å²) < 4.78 is 30.2. The van der Waals surface area contributed by atoms with Gasteiger partial charge in [0, 0.05) is 94.3 Å². The first-order chi connectivity index (χ1) is 41.0. The topological polar surface area (TPSA) is 230 Å². The number of allylic oxidation sites excluding steroid dienone is 8. The van der Waals surface area contributed by atoms with Gasteiger partial charge < -0.3 is 64.2 Å². The highest BCUT2D eigenvalue weighted by Gasteiger charge is 2.35. The molecule has 0 spiro atoms. The van der Waals surface area contributed by atoms with Gasteiger partial charge in [-0.05, 0) is 92.1 Å². The number of hydrogen-bond acceptors (Lipinski definition) is 13. The monoisotopic (exact) mass is 1160 g/mol. The van der Waals surface area contributed by atoms with E-state index in [0.29, 0.717) is 116 Å². The van der Waals surface area contributed by atoms with Crippen molar-refractivity contribution in [3.05, 3.63) is 142 Å². The highest BCUT2D eigenvalue weighted by molar-refractivity contribution is 6.12. The van der Waals surface area contributed by atoms with Crippen molar-refractivity contribution in [2.24, 2.45) is 17.8 Å². The van der Waals surface area contributed by atoms with Crippen LogP contribution in [0.1, 0.15) is 88.2 Å². The molecule has 4 atom stereocenters. The molecule has 85 heavy (non-hydrogen) atoms. The molecule has 2 aliphatic carbocycles. The van der Waals surface area contributed by atoms with E-state index >= 15 is 0 Å². The van der Waals surface area contributed by atoms with Crippen molar-refractivity contribution >= 4 is 64.5 Å². The summed E-state index contributed by atoms with van der Waals surface area (Å²) in [5, 5.41) is 35.8. The first kappa shape index (κ1) is 59.3. The smallest absolute Gasteiger partial charge is 0.253 e. The summed E-state index contributed by atoms with van der Waals surface area (Å²) in [5.41, 5.74) is 8.59. The number of unbranched alkanes of at least 4 members (excludes halogenated alkanes) is 2. The summed E-state index contributed by atoms with van der Waals surface area (Å²) in [6, 6.07) is 14.4. The average molecular weight is 1160 g/mol. The summed E-state index contributed by atoms with van der Waals surface area (Å²) in [6.45, 7) is 11.3. The summed E-state index contributed by atoms with van der Waals surface area (Å²) in [5.74, 6) is -0.397. The number of hydrogen-bond donors (Lipinski definition) is 3. The first-order valence-electron chi connectivity index (χ1n) is 29.4. The number of carbonyl (C=O) groups excluding carboxylic acids is 5. The molecule has 3 N–H and O–H groups in total. The molecule has 4 unspecified atom stereocenters. The summed E-state index contributed by atoms with van der Waals surface area (Å²) in [6.07, 6.45) is 20.8. The van der Waals surface area contributed by atoms with Crippen LogP contribution in [0.4, 0.5) is 11.4 Å². The van der Waals surface area contributed by atoms with E-state index in [9.17, 15) is 34.4 Å². The van der Waals surface area contributed by atoms with Gasteiger partial charge in [-0.15, -0.1) is 0 Å². The lowest BCUT2D eigenvalue weighted by atomic mass is 9.87. The Labute approximate surface area is 495 Å². The molecular weight excluding hydrogens is 1080 g/mol. The van der Waals surface area contributed by atoms with Gasteiger partial charge in [0.2, 0.25) is 30.2 Å². The Morgan fingerprint density at radius 1 is 0.659 bits per heavy atom. The normalized spacial score (nSPS) is 19.0. The van der Waals surface area contributed by atoms with E-state index in [-0.39, 0.29) is 48.4 Å². The summed E-state index contributed by atoms with van der Waals surface area (Å²) in [7, 11) is 5.29. The maximum atomic E-state index is 13.7. The molecule has 21 heteroatoms. The van der Waals surface area contributed by atoms with E-state index in [4.69, 9.17) is 18.9 Å². The van der Waals surface area contributed by atoms with Crippen LogP contribution in [0.3, 0.4) is 0 Å². The van der Waals surface area contributed by atoms with Crippen molar-refractivity contribution in [2.45, 2.75) is 90.9 Å². The van der Waals surface area contributed by atoms with Crippen LogP contribution >= 0.6 is 0 Å². The van der Waals surface area contributed by atoms with Crippen molar-refractivity contribution in [3.63, 3.8) is 0 Å². The molecule has 0 bridgehead atoms. The number of carbonyl (C=O) groups is 5. The third-order valence-corrected chi connectivity index (χ3v) is 16.6. The number of likely N-dealkylation sites (N-methyl/N-ethyl adjacent to an activating group) is 1. The number of nitrogens with zero attached hydrogens (tertiary/aromatic N) is 7. The van der Waals surface area contributed by atoms with E-state index in [1.165, 1.54) is 34.5 Å². The zero-order chi connectivity index (χ0) is 59.9. The Hall–Kier alpha value is -8.85. The van der Waals surface area contributed by atoms with Gasteiger partial charge in [0.1, 0.15) is 12.1 Å². The lowest BCUT2D eigenvalue weighted by Gasteiger charge is -2.34. The minimum absolute atomic E-state index is 0.0514. The number of rotatable bonds is 23. The molecular formula is C64H76N10O11. The zero-order valence-corrected chi connectivity index (χ0v) is 49.2. The summed E-state index contributed by atoms with van der Waals surface area (Å²) >= 11 is 0. The van der Waals surface area contributed by atoms with Crippen molar-refractivity contribution in [1.29, 1.82) is 0 Å². The van der Waals surface area contributed by atoms with Crippen LogP contribution in [0.5, 0.6) is 23.0 Å². The summed E-state index contributed by atoms with van der Waals surface area (Å²) in [4.78, 5) is 68.9. The third-order valence-electron chi connectivity index (χ3n) is 16.6. The van der Waals surface area contributed by atoms with E-state index in [1.807, 2.05) is 65.7 Å². The molecule has 2 aromatic carbocycles. The van der Waals surface area contributed by atoms with Gasteiger partial charge in [-0.25, -0.2) is 0 Å². The number of piperazine rings is 1. The van der Waals surface area contributed by atoms with Crippen LogP contribution < -0.4 is 39.8 Å². The van der Waals surface area contributed by atoms with E-state index in [1.54, 1.807) is 39.5 Å². The van der Waals surface area contributed by atoms with Gasteiger partial charge in [-0.2, -0.15) is 9.48 Å². The standard InChI is InChI=1S/C64H76N10O11/c1-41(2)60(67-57(75)11-8-7-9-26-72-58(76)24-25-59(72)77)64(79)65-42(3)63(78)66-49-18-12-43(13-19-49)45-16-22-51-47(33-45)35-70-39-55(61(82-5)53(70)37-73(51)80)84-31-10-32-85-56-40-71-36-48-34-46(17-23-52(48)74(81)38-54(71)62(56)83-6)44-14-20-50(21-15-44)69-29-27-68(4)28-30-69/h12-25,37-42,47-48,60H,7-11,26-36H2,1-6H3,(H,65,79)(H,66,78)(H,67,75). The molecule has 448 valence electrons. The number of aromatic nitrogens is 2. The molecule has 1 fully saturated rings. The van der Waals surface area contributed by atoms with Gasteiger partial charge in [-0.3, -0.25) is 28.9 Å². The van der Waals surface area contributed by atoms with Crippen LogP contribution in [-0.2, 0) is 37.1 Å². The van der Waals surface area contributed by atoms with Crippen LogP contribution in [0.15, 0.2) is 109 Å². The lowest BCUT2D eigenvalue weighted by Crippen LogP contribution is -2.53. The molecule has 21 nitrogen and oxygen atoms in total. The number of amides is 5. The third kappa shape index (κ3) is 13.6. The predicted molar refractivity (Wildman–Crippen MR) is 323 cm³/mol. The lowest BCUT2D eigenvalue weighted by molar-refractivity contribution is -0.404. The molecule has 2 aromatic heterocycles. The highest BCUT2D eigenvalue weighted by atomic mass is 16.5. The van der Waals surface area contributed by atoms with Crippen LogP contribution in [-0.4, -0.2) is 150 Å². The number of methoxy groups -OCH3 is 2. The molecule has 6 heterocycles. The molecule has 4 aliphatic heterocycles. The number of hydroxylamine groups is 2. The Kier molecular flexibility index (Phi) is 18.4. The Morgan fingerprint density at radius 3 is 1.71 bits per heavy atom. The SMILES string of the molecule is COc1c(OCCCOc2cn3c(c2OC)C=[N+]([O-])C2=CC=C(c4ccc(N5CCN(C)CC5)cc4)CC2C3)cn2c1C=[N+]([O-])C1=CC=C(c3ccc(NC(=O)C(C)NC(=O)C(NC(=O)CCCCCN4C(=O)C=CC4=O)C(C)C)cc3)CC1C2. The fourth-order valence-corrected chi connectivity index (χ4v) is 11.8. The molecule has 0 saturated carbocycles. The maximum absolute atomic E-state index is 13.7. The van der Waals surface area contributed by atoms with Crippen LogP contribution in [0.2, 0.25) is 0 Å². The van der Waals surface area contributed by atoms with Gasteiger partial charge in [0.15, 0.2) is 45.8 Å². The van der Waals surface area contributed by atoms with E-state index < -0.39 is 23.9 Å². The number of nitrogens with one attached hydrogen (secondary N) is 3.